The molecule has 1 N–H and O–H groups in total. The minimum Gasteiger partial charge on any atom is -0.497 e. The van der Waals surface area contributed by atoms with Crippen LogP contribution in [0.15, 0.2) is 48.5 Å². The normalized spacial score (nSPS) is 13.7. The zero-order chi connectivity index (χ0) is 23.4. The summed E-state index contributed by atoms with van der Waals surface area (Å²) < 4.78 is 5.28. The van der Waals surface area contributed by atoms with E-state index >= 15 is 0 Å². The standard InChI is InChI=1S/C26H31N5O2/c1-18-5-9-22(10-6-18)29-26(32)31-15-13-30(14-16-31)25-24(19(2)27-20(3)28-25)17-21-7-11-23(33-4)12-8-21/h5-12H,13-17H2,1-4H3,(H,29,32). The summed E-state index contributed by atoms with van der Waals surface area (Å²) in [5.41, 5.74) is 5.29. The van der Waals surface area contributed by atoms with E-state index < -0.39 is 0 Å². The Hall–Kier alpha value is -3.61. The summed E-state index contributed by atoms with van der Waals surface area (Å²) in [6.07, 6.45) is 0.750. The van der Waals surface area contributed by atoms with Crippen LogP contribution < -0.4 is 15.0 Å². The highest BCUT2D eigenvalue weighted by atomic mass is 16.5. The number of nitrogens with zero attached hydrogens (tertiary/aromatic N) is 4. The summed E-state index contributed by atoms with van der Waals surface area (Å²) in [4.78, 5) is 26.3. The molecule has 7 heteroatoms. The smallest absolute Gasteiger partial charge is 0.321 e. The van der Waals surface area contributed by atoms with Gasteiger partial charge in [0.15, 0.2) is 0 Å². The predicted molar refractivity (Wildman–Crippen MR) is 131 cm³/mol. The molecule has 0 radical (unpaired) electrons. The molecular formula is C26H31N5O2. The van der Waals surface area contributed by atoms with Gasteiger partial charge >= 0.3 is 6.03 Å². The Morgan fingerprint density at radius 2 is 1.61 bits per heavy atom. The number of methoxy groups -OCH3 is 1. The van der Waals surface area contributed by atoms with Gasteiger partial charge in [0.05, 0.1) is 7.11 Å². The topological polar surface area (TPSA) is 70.6 Å². The van der Waals surface area contributed by atoms with Gasteiger partial charge < -0.3 is 19.9 Å². The van der Waals surface area contributed by atoms with Crippen molar-refractivity contribution in [2.24, 2.45) is 0 Å². The van der Waals surface area contributed by atoms with Crippen LogP contribution in [0.3, 0.4) is 0 Å². The Kier molecular flexibility index (Phi) is 6.77. The van der Waals surface area contributed by atoms with Gasteiger partial charge in [0.25, 0.3) is 0 Å². The number of hydrogen-bond donors (Lipinski definition) is 1. The van der Waals surface area contributed by atoms with Crippen LogP contribution in [0.4, 0.5) is 16.3 Å². The van der Waals surface area contributed by atoms with E-state index in [0.717, 1.165) is 53.8 Å². The number of piperazine rings is 1. The third-order valence-corrected chi connectivity index (χ3v) is 6.01. The lowest BCUT2D eigenvalue weighted by Gasteiger charge is -2.36. The molecule has 1 aliphatic heterocycles. The molecule has 4 rings (SSSR count). The van der Waals surface area contributed by atoms with E-state index in [2.05, 4.69) is 27.3 Å². The van der Waals surface area contributed by atoms with Crippen molar-refractivity contribution in [3.8, 4) is 5.75 Å². The van der Waals surface area contributed by atoms with E-state index in [1.54, 1.807) is 7.11 Å². The van der Waals surface area contributed by atoms with E-state index in [1.807, 2.05) is 62.1 Å². The molecule has 3 aromatic rings. The van der Waals surface area contributed by atoms with Crippen molar-refractivity contribution in [3.05, 3.63) is 76.7 Å². The number of anilines is 2. The third kappa shape index (κ3) is 5.42. The lowest BCUT2D eigenvalue weighted by atomic mass is 10.0. The van der Waals surface area contributed by atoms with Crippen molar-refractivity contribution < 1.29 is 9.53 Å². The van der Waals surface area contributed by atoms with E-state index in [-0.39, 0.29) is 6.03 Å². The number of aryl methyl sites for hydroxylation is 3. The van der Waals surface area contributed by atoms with Crippen LogP contribution in [0.1, 0.15) is 28.2 Å². The van der Waals surface area contributed by atoms with Gasteiger partial charge in [0, 0.05) is 49.5 Å². The molecule has 2 heterocycles. The highest BCUT2D eigenvalue weighted by Crippen LogP contribution is 2.26. The molecule has 1 fully saturated rings. The largest absolute Gasteiger partial charge is 0.497 e. The number of carbonyl (C=O) groups is 1. The average Bonchev–Trinajstić information content (AvgIpc) is 2.82. The summed E-state index contributed by atoms with van der Waals surface area (Å²) >= 11 is 0. The first-order chi connectivity index (χ1) is 15.9. The van der Waals surface area contributed by atoms with Gasteiger partial charge in [0.2, 0.25) is 0 Å². The van der Waals surface area contributed by atoms with E-state index in [0.29, 0.717) is 13.1 Å². The number of benzene rings is 2. The van der Waals surface area contributed by atoms with Gasteiger partial charge in [-0.3, -0.25) is 0 Å². The SMILES string of the molecule is COc1ccc(Cc2c(C)nc(C)nc2N2CCN(C(=O)Nc3ccc(C)cc3)CC2)cc1. The first-order valence-electron chi connectivity index (χ1n) is 11.3. The summed E-state index contributed by atoms with van der Waals surface area (Å²) in [6.45, 7) is 8.74. The maximum atomic E-state index is 12.7. The van der Waals surface area contributed by atoms with Gasteiger partial charge in [0.1, 0.15) is 17.4 Å². The van der Waals surface area contributed by atoms with Crippen LogP contribution in [-0.2, 0) is 6.42 Å². The Labute approximate surface area is 195 Å². The molecule has 0 spiro atoms. The molecule has 0 unspecified atom stereocenters. The lowest BCUT2D eigenvalue weighted by molar-refractivity contribution is 0.208. The Balaban J connectivity index is 1.46. The molecule has 7 nitrogen and oxygen atoms in total. The summed E-state index contributed by atoms with van der Waals surface area (Å²) in [6, 6.07) is 15.9. The number of amides is 2. The highest BCUT2D eigenvalue weighted by molar-refractivity contribution is 5.89. The number of ether oxygens (including phenoxy) is 1. The number of urea groups is 1. The maximum absolute atomic E-state index is 12.7. The van der Waals surface area contributed by atoms with Crippen LogP contribution in [0.5, 0.6) is 5.75 Å². The monoisotopic (exact) mass is 445 g/mol. The van der Waals surface area contributed by atoms with Crippen LogP contribution >= 0.6 is 0 Å². The minimum atomic E-state index is -0.0630. The van der Waals surface area contributed by atoms with Gasteiger partial charge in [-0.2, -0.15) is 0 Å². The minimum absolute atomic E-state index is 0.0630. The number of carbonyl (C=O) groups excluding carboxylic acids is 1. The second kappa shape index (κ2) is 9.90. The molecular weight excluding hydrogens is 414 g/mol. The maximum Gasteiger partial charge on any atom is 0.321 e. The first-order valence-corrected chi connectivity index (χ1v) is 11.3. The zero-order valence-electron chi connectivity index (χ0n) is 19.8. The van der Waals surface area contributed by atoms with Crippen LogP contribution in [0, 0.1) is 20.8 Å². The van der Waals surface area contributed by atoms with Crippen molar-refractivity contribution in [2.45, 2.75) is 27.2 Å². The van der Waals surface area contributed by atoms with Crippen molar-refractivity contribution >= 4 is 17.5 Å². The number of rotatable bonds is 5. The van der Waals surface area contributed by atoms with Crippen LogP contribution in [0.2, 0.25) is 0 Å². The quantitative estimate of drug-likeness (QED) is 0.632. The number of aromatic nitrogens is 2. The first kappa shape index (κ1) is 22.6. The molecule has 0 aliphatic carbocycles. The van der Waals surface area contributed by atoms with E-state index in [1.165, 1.54) is 11.1 Å². The van der Waals surface area contributed by atoms with Crippen molar-refractivity contribution in [2.75, 3.05) is 43.5 Å². The molecule has 1 saturated heterocycles. The molecule has 0 saturated carbocycles. The van der Waals surface area contributed by atoms with Gasteiger partial charge in [-0.15, -0.1) is 0 Å². The molecule has 2 amide bonds. The second-order valence-corrected chi connectivity index (χ2v) is 8.45. The Bertz CT molecular complexity index is 1100. The fourth-order valence-corrected chi connectivity index (χ4v) is 4.09. The molecule has 1 aliphatic rings. The molecule has 0 atom stereocenters. The predicted octanol–water partition coefficient (Wildman–Crippen LogP) is 4.36. The highest BCUT2D eigenvalue weighted by Gasteiger charge is 2.25. The lowest BCUT2D eigenvalue weighted by Crippen LogP contribution is -2.50. The van der Waals surface area contributed by atoms with Crippen LogP contribution in [-0.4, -0.2) is 54.2 Å². The number of nitrogens with one attached hydrogen (secondary N) is 1. The van der Waals surface area contributed by atoms with Gasteiger partial charge in [-0.1, -0.05) is 29.8 Å². The third-order valence-electron chi connectivity index (χ3n) is 6.01. The molecule has 172 valence electrons. The van der Waals surface area contributed by atoms with E-state index in [4.69, 9.17) is 9.72 Å². The average molecular weight is 446 g/mol. The van der Waals surface area contributed by atoms with Crippen molar-refractivity contribution in [1.29, 1.82) is 0 Å². The summed E-state index contributed by atoms with van der Waals surface area (Å²) in [5.74, 6) is 2.57. The summed E-state index contributed by atoms with van der Waals surface area (Å²) in [5, 5.41) is 3.00. The number of hydrogen-bond acceptors (Lipinski definition) is 5. The fourth-order valence-electron chi connectivity index (χ4n) is 4.09. The zero-order valence-corrected chi connectivity index (χ0v) is 19.8. The van der Waals surface area contributed by atoms with Crippen molar-refractivity contribution in [1.82, 2.24) is 14.9 Å². The molecule has 0 bridgehead atoms. The molecule has 33 heavy (non-hydrogen) atoms. The van der Waals surface area contributed by atoms with Crippen LogP contribution in [0.25, 0.3) is 0 Å². The molecule has 1 aromatic heterocycles. The van der Waals surface area contributed by atoms with Gasteiger partial charge in [-0.25, -0.2) is 14.8 Å². The summed E-state index contributed by atoms with van der Waals surface area (Å²) in [7, 11) is 1.67. The Morgan fingerprint density at radius 3 is 2.24 bits per heavy atom. The molecule has 2 aromatic carbocycles. The van der Waals surface area contributed by atoms with Crippen molar-refractivity contribution in [3.63, 3.8) is 0 Å². The van der Waals surface area contributed by atoms with E-state index in [9.17, 15) is 4.79 Å². The Morgan fingerprint density at radius 1 is 0.939 bits per heavy atom. The van der Waals surface area contributed by atoms with Gasteiger partial charge in [-0.05, 0) is 50.6 Å². The second-order valence-electron chi connectivity index (χ2n) is 8.45. The fraction of sp³-hybridized carbons (Fsp3) is 0.346.